The van der Waals surface area contributed by atoms with Crippen LogP contribution in [-0.4, -0.2) is 62.2 Å². The van der Waals surface area contributed by atoms with Crippen molar-refractivity contribution in [2.24, 2.45) is 0 Å². The van der Waals surface area contributed by atoms with Gasteiger partial charge in [0.15, 0.2) is 27.6 Å². The Morgan fingerprint density at radius 2 is 1.87 bits per heavy atom. The molecule has 2 aromatic heterocycles. The fourth-order valence-electron chi connectivity index (χ4n) is 3.97. The largest absolute Gasteiger partial charge is 0.401 e. The number of fused-ring (bicyclic) bond motifs is 1. The highest BCUT2D eigenvalue weighted by Crippen LogP contribution is 2.31. The number of hydrogen-bond acceptors (Lipinski definition) is 11. The SMILES string of the molecule is CC(C)S(=O)(=O)c1ccc(-c2cnc(N)c(-c3nnc(NC(=O)CN4C(=O)c5ccccc5C4O)o3)n2)cc1. The van der Waals surface area contributed by atoms with Crippen LogP contribution in [0.5, 0.6) is 0 Å². The second-order valence-electron chi connectivity index (χ2n) is 8.96. The second-order valence-corrected chi connectivity index (χ2v) is 11.5. The van der Waals surface area contributed by atoms with Gasteiger partial charge in [-0.3, -0.25) is 19.8 Å². The van der Waals surface area contributed by atoms with Crippen molar-refractivity contribution < 1.29 is 27.5 Å². The van der Waals surface area contributed by atoms with Crippen molar-refractivity contribution in [3.05, 3.63) is 65.9 Å². The Kier molecular flexibility index (Phi) is 6.57. The first-order chi connectivity index (χ1) is 18.6. The topological polar surface area (TPSA) is 194 Å². The van der Waals surface area contributed by atoms with E-state index in [0.29, 0.717) is 22.4 Å². The van der Waals surface area contributed by atoms with E-state index < -0.39 is 39.7 Å². The standard InChI is InChI=1S/C25H23N7O6S/c1-13(2)39(36,37)15-9-7-14(8-10-15)18-11-27-21(26)20(28-18)22-30-31-25(38-22)29-19(33)12-32-23(34)16-5-3-4-6-17(16)24(32)35/h3-11,13,23,34H,12H2,1-2H3,(H2,26,27)(H,29,31,33). The van der Waals surface area contributed by atoms with Crippen LogP contribution in [0.2, 0.25) is 0 Å². The van der Waals surface area contributed by atoms with Crippen LogP contribution in [0.25, 0.3) is 22.8 Å². The fourth-order valence-corrected chi connectivity index (χ4v) is 5.03. The second kappa shape index (κ2) is 9.89. The maximum atomic E-state index is 12.6. The van der Waals surface area contributed by atoms with Gasteiger partial charge in [-0.1, -0.05) is 35.4 Å². The number of benzene rings is 2. The molecule has 200 valence electrons. The van der Waals surface area contributed by atoms with Crippen molar-refractivity contribution in [3.63, 3.8) is 0 Å². The molecule has 2 aromatic carbocycles. The lowest BCUT2D eigenvalue weighted by Crippen LogP contribution is -2.36. The minimum Gasteiger partial charge on any atom is -0.401 e. The number of carbonyl (C=O) groups is 2. The van der Waals surface area contributed by atoms with Crippen LogP contribution in [0.1, 0.15) is 36.0 Å². The molecule has 1 aliphatic rings. The molecule has 5 rings (SSSR count). The number of nitrogens with one attached hydrogen (secondary N) is 1. The van der Waals surface area contributed by atoms with E-state index in [-0.39, 0.29) is 28.3 Å². The Labute approximate surface area is 222 Å². The van der Waals surface area contributed by atoms with Crippen molar-refractivity contribution in [3.8, 4) is 22.8 Å². The normalized spacial score (nSPS) is 15.0. The molecule has 0 saturated carbocycles. The molecule has 4 aromatic rings. The smallest absolute Gasteiger partial charge is 0.322 e. The van der Waals surface area contributed by atoms with Crippen LogP contribution in [0.3, 0.4) is 0 Å². The van der Waals surface area contributed by atoms with Crippen molar-refractivity contribution in [1.82, 2.24) is 25.1 Å². The average molecular weight is 550 g/mol. The number of carbonyl (C=O) groups excluding carboxylic acids is 2. The van der Waals surface area contributed by atoms with Gasteiger partial charge in [-0.05, 0) is 32.0 Å². The number of aromatic nitrogens is 4. The monoisotopic (exact) mass is 549 g/mol. The van der Waals surface area contributed by atoms with Gasteiger partial charge in [0, 0.05) is 16.7 Å². The molecule has 2 amide bonds. The summed E-state index contributed by atoms with van der Waals surface area (Å²) in [5.74, 6) is -1.28. The van der Waals surface area contributed by atoms with Gasteiger partial charge in [-0.2, -0.15) is 0 Å². The summed E-state index contributed by atoms with van der Waals surface area (Å²) < 4.78 is 30.3. The Hall–Kier alpha value is -4.69. The zero-order valence-electron chi connectivity index (χ0n) is 20.8. The highest BCUT2D eigenvalue weighted by molar-refractivity contribution is 7.92. The zero-order chi connectivity index (χ0) is 27.9. The minimum atomic E-state index is -3.43. The maximum absolute atomic E-state index is 12.6. The van der Waals surface area contributed by atoms with E-state index in [9.17, 15) is 23.1 Å². The molecular weight excluding hydrogens is 526 g/mol. The summed E-state index contributed by atoms with van der Waals surface area (Å²) in [4.78, 5) is 34.9. The fraction of sp³-hybridized carbons (Fsp3) is 0.200. The summed E-state index contributed by atoms with van der Waals surface area (Å²) in [6, 6.07) is 12.5. The van der Waals surface area contributed by atoms with E-state index in [2.05, 4.69) is 25.5 Å². The lowest BCUT2D eigenvalue weighted by Gasteiger charge is -2.19. The number of sulfone groups is 1. The Balaban J connectivity index is 1.31. The van der Waals surface area contributed by atoms with E-state index in [1.165, 1.54) is 18.3 Å². The highest BCUT2D eigenvalue weighted by Gasteiger charge is 2.36. The molecule has 1 aliphatic heterocycles. The quantitative estimate of drug-likeness (QED) is 0.305. The van der Waals surface area contributed by atoms with E-state index in [1.807, 2.05) is 0 Å². The van der Waals surface area contributed by atoms with Gasteiger partial charge in [0.25, 0.3) is 11.8 Å². The lowest BCUT2D eigenvalue weighted by atomic mass is 10.1. The molecular formula is C25H23N7O6S. The molecule has 0 bridgehead atoms. The molecule has 0 aliphatic carbocycles. The number of nitrogen functional groups attached to an aromatic ring is 1. The third-order valence-electron chi connectivity index (χ3n) is 6.11. The van der Waals surface area contributed by atoms with Crippen molar-refractivity contribution in [2.75, 3.05) is 17.6 Å². The number of hydrogen-bond donors (Lipinski definition) is 3. The summed E-state index contributed by atoms with van der Waals surface area (Å²) in [7, 11) is -3.43. The molecule has 0 spiro atoms. The highest BCUT2D eigenvalue weighted by atomic mass is 32.2. The van der Waals surface area contributed by atoms with Gasteiger partial charge < -0.3 is 15.3 Å². The number of aliphatic hydroxyl groups is 1. The number of rotatable bonds is 7. The van der Waals surface area contributed by atoms with Gasteiger partial charge in [-0.15, -0.1) is 5.10 Å². The van der Waals surface area contributed by atoms with Crippen molar-refractivity contribution >= 4 is 33.5 Å². The van der Waals surface area contributed by atoms with Crippen LogP contribution in [0, 0.1) is 0 Å². The molecule has 0 saturated heterocycles. The van der Waals surface area contributed by atoms with Gasteiger partial charge in [0.05, 0.1) is 22.0 Å². The van der Waals surface area contributed by atoms with Gasteiger partial charge >= 0.3 is 6.01 Å². The van der Waals surface area contributed by atoms with E-state index in [4.69, 9.17) is 10.2 Å². The maximum Gasteiger partial charge on any atom is 0.322 e. The Morgan fingerprint density at radius 3 is 2.56 bits per heavy atom. The minimum absolute atomic E-state index is 0.0113. The van der Waals surface area contributed by atoms with Crippen LogP contribution in [0.15, 0.2) is 64.0 Å². The third kappa shape index (κ3) is 4.82. The van der Waals surface area contributed by atoms with Crippen LogP contribution < -0.4 is 11.1 Å². The Morgan fingerprint density at radius 1 is 1.15 bits per heavy atom. The van der Waals surface area contributed by atoms with Gasteiger partial charge in [0.1, 0.15) is 6.54 Å². The van der Waals surface area contributed by atoms with E-state index in [1.54, 1.807) is 50.2 Å². The average Bonchev–Trinajstić information content (AvgIpc) is 3.47. The number of anilines is 2. The first kappa shape index (κ1) is 25.9. The third-order valence-corrected chi connectivity index (χ3v) is 8.28. The van der Waals surface area contributed by atoms with Crippen LogP contribution in [-0.2, 0) is 14.6 Å². The molecule has 14 heteroatoms. The summed E-state index contributed by atoms with van der Waals surface area (Å²) in [6.07, 6.45) is 0.162. The van der Waals surface area contributed by atoms with Crippen LogP contribution >= 0.6 is 0 Å². The molecule has 4 N–H and O–H groups in total. The number of nitrogens with two attached hydrogens (primary N) is 1. The predicted octanol–water partition coefficient (Wildman–Crippen LogP) is 2.04. The molecule has 13 nitrogen and oxygen atoms in total. The molecule has 0 fully saturated rings. The molecule has 39 heavy (non-hydrogen) atoms. The number of amides is 2. The summed E-state index contributed by atoms with van der Waals surface area (Å²) >= 11 is 0. The molecule has 1 unspecified atom stereocenters. The lowest BCUT2D eigenvalue weighted by molar-refractivity contribution is -0.119. The van der Waals surface area contributed by atoms with Crippen LogP contribution in [0.4, 0.5) is 11.8 Å². The summed E-state index contributed by atoms with van der Waals surface area (Å²) in [6.45, 7) is 2.76. The first-order valence-electron chi connectivity index (χ1n) is 11.7. The van der Waals surface area contributed by atoms with Crippen molar-refractivity contribution in [1.29, 1.82) is 0 Å². The molecule has 1 atom stereocenters. The van der Waals surface area contributed by atoms with E-state index >= 15 is 0 Å². The Bertz CT molecular complexity index is 1690. The summed E-state index contributed by atoms with van der Waals surface area (Å²) in [5.41, 5.74) is 7.71. The van der Waals surface area contributed by atoms with Crippen molar-refractivity contribution in [2.45, 2.75) is 30.2 Å². The zero-order valence-corrected chi connectivity index (χ0v) is 21.6. The first-order valence-corrected chi connectivity index (χ1v) is 13.3. The van der Waals surface area contributed by atoms with E-state index in [0.717, 1.165) is 4.90 Å². The number of aliphatic hydroxyl groups excluding tert-OH is 1. The van der Waals surface area contributed by atoms with Gasteiger partial charge in [0.2, 0.25) is 5.91 Å². The molecule has 3 heterocycles. The molecule has 0 radical (unpaired) electrons. The predicted molar refractivity (Wildman–Crippen MR) is 139 cm³/mol. The summed E-state index contributed by atoms with van der Waals surface area (Å²) in [5, 5.41) is 19.9. The number of nitrogens with zero attached hydrogens (tertiary/aromatic N) is 5. The van der Waals surface area contributed by atoms with Gasteiger partial charge in [-0.25, -0.2) is 18.4 Å².